The van der Waals surface area contributed by atoms with E-state index >= 15 is 0 Å². The first kappa shape index (κ1) is 27.8. The molecule has 0 rings (SSSR count). The van der Waals surface area contributed by atoms with E-state index in [0.717, 1.165) is 36.3 Å². The molecule has 0 aliphatic rings. The lowest BCUT2D eigenvalue weighted by Gasteiger charge is -2.32. The summed E-state index contributed by atoms with van der Waals surface area (Å²) in [4.78, 5) is 0. The molecule has 0 spiro atoms. The molecule has 5 heteroatoms. The molecule has 0 radical (unpaired) electrons. The summed E-state index contributed by atoms with van der Waals surface area (Å²) in [6.07, 6.45) is 14.4. The van der Waals surface area contributed by atoms with E-state index in [4.69, 9.17) is 14.2 Å². The molecule has 27 heavy (non-hydrogen) atoms. The first-order chi connectivity index (χ1) is 13.2. The SMILES string of the molecule is CCC(CCCCCCBr)C(OC)OC(OC)C(CC)CCCCCCBr. The largest absolute Gasteiger partial charge is 0.355 e. The Kier molecular flexibility index (Phi) is 20.8. The summed E-state index contributed by atoms with van der Waals surface area (Å²) in [5.41, 5.74) is 0. The second-order valence-electron chi connectivity index (χ2n) is 7.46. The second kappa shape index (κ2) is 20.1. The van der Waals surface area contributed by atoms with Crippen LogP contribution in [0.5, 0.6) is 0 Å². The summed E-state index contributed by atoms with van der Waals surface area (Å²) >= 11 is 7.02. The van der Waals surface area contributed by atoms with Crippen LogP contribution >= 0.6 is 31.9 Å². The Hall–Kier alpha value is 0.840. The van der Waals surface area contributed by atoms with E-state index < -0.39 is 0 Å². The fraction of sp³-hybridized carbons (Fsp3) is 1.00. The molecule has 0 saturated carbocycles. The first-order valence-corrected chi connectivity index (χ1v) is 13.3. The molecular weight excluding hydrogens is 472 g/mol. The number of unbranched alkanes of at least 4 members (excludes halogenated alkanes) is 6. The highest BCUT2D eigenvalue weighted by Gasteiger charge is 2.28. The van der Waals surface area contributed by atoms with Crippen LogP contribution in [0.25, 0.3) is 0 Å². The summed E-state index contributed by atoms with van der Waals surface area (Å²) in [7, 11) is 3.54. The van der Waals surface area contributed by atoms with Crippen LogP contribution in [0.2, 0.25) is 0 Å². The molecule has 0 bridgehead atoms. The third-order valence-electron chi connectivity index (χ3n) is 5.47. The third kappa shape index (κ3) is 13.6. The normalized spacial score (nSPS) is 16.2. The van der Waals surface area contributed by atoms with Crippen molar-refractivity contribution < 1.29 is 14.2 Å². The molecular formula is C22H44Br2O3. The third-order valence-corrected chi connectivity index (χ3v) is 6.59. The first-order valence-electron chi connectivity index (χ1n) is 11.0. The van der Waals surface area contributed by atoms with E-state index in [9.17, 15) is 0 Å². The number of rotatable bonds is 20. The fourth-order valence-corrected chi connectivity index (χ4v) is 4.42. The smallest absolute Gasteiger partial charge is 0.163 e. The quantitative estimate of drug-likeness (QED) is 0.0944. The van der Waals surface area contributed by atoms with E-state index in [1.54, 1.807) is 14.2 Å². The van der Waals surface area contributed by atoms with Crippen LogP contribution in [0.15, 0.2) is 0 Å². The molecule has 0 aromatic heterocycles. The molecule has 164 valence electrons. The van der Waals surface area contributed by atoms with Gasteiger partial charge in [0.05, 0.1) is 0 Å². The van der Waals surface area contributed by atoms with E-state index in [-0.39, 0.29) is 12.6 Å². The Balaban J connectivity index is 4.49. The Bertz CT molecular complexity index is 277. The van der Waals surface area contributed by atoms with Gasteiger partial charge in [-0.05, 0) is 38.5 Å². The Morgan fingerprint density at radius 3 is 1.26 bits per heavy atom. The number of alkyl halides is 2. The van der Waals surface area contributed by atoms with Gasteiger partial charge in [0, 0.05) is 36.7 Å². The van der Waals surface area contributed by atoms with Gasteiger partial charge in [-0.2, -0.15) is 0 Å². The monoisotopic (exact) mass is 514 g/mol. The zero-order valence-corrected chi connectivity index (χ0v) is 21.4. The summed E-state index contributed by atoms with van der Waals surface area (Å²) in [6.45, 7) is 4.48. The minimum atomic E-state index is -0.168. The fourth-order valence-electron chi connectivity index (χ4n) is 3.62. The molecule has 0 aromatic rings. The van der Waals surface area contributed by atoms with Crippen molar-refractivity contribution >= 4 is 31.9 Å². The van der Waals surface area contributed by atoms with Crippen LogP contribution in [0.1, 0.15) is 90.9 Å². The van der Waals surface area contributed by atoms with Crippen molar-refractivity contribution in [3.05, 3.63) is 0 Å². The molecule has 0 aromatic carbocycles. The van der Waals surface area contributed by atoms with E-state index in [1.807, 2.05) is 0 Å². The zero-order chi connectivity index (χ0) is 20.3. The maximum absolute atomic E-state index is 6.35. The van der Waals surface area contributed by atoms with Gasteiger partial charge in [-0.25, -0.2) is 0 Å². The molecule has 0 amide bonds. The van der Waals surface area contributed by atoms with E-state index in [0.29, 0.717) is 11.8 Å². The van der Waals surface area contributed by atoms with Crippen LogP contribution in [-0.4, -0.2) is 37.5 Å². The topological polar surface area (TPSA) is 27.7 Å². The number of halogens is 2. The summed E-state index contributed by atoms with van der Waals surface area (Å²) in [6, 6.07) is 0. The van der Waals surface area contributed by atoms with Crippen molar-refractivity contribution in [2.75, 3.05) is 24.9 Å². The number of hydrogen-bond acceptors (Lipinski definition) is 3. The molecule has 0 fully saturated rings. The van der Waals surface area contributed by atoms with Crippen molar-refractivity contribution in [3.63, 3.8) is 0 Å². The average Bonchev–Trinajstić information content (AvgIpc) is 2.70. The van der Waals surface area contributed by atoms with Gasteiger partial charge in [0.25, 0.3) is 0 Å². The maximum atomic E-state index is 6.35. The summed E-state index contributed by atoms with van der Waals surface area (Å²) in [5.74, 6) is 0.876. The van der Waals surface area contributed by atoms with Gasteiger partial charge < -0.3 is 14.2 Å². The van der Waals surface area contributed by atoms with Gasteiger partial charge in [0.2, 0.25) is 0 Å². The second-order valence-corrected chi connectivity index (χ2v) is 9.05. The van der Waals surface area contributed by atoms with Crippen LogP contribution in [0, 0.1) is 11.8 Å². The van der Waals surface area contributed by atoms with Crippen molar-refractivity contribution in [2.24, 2.45) is 11.8 Å². The highest BCUT2D eigenvalue weighted by Crippen LogP contribution is 2.27. The number of methoxy groups -OCH3 is 2. The van der Waals surface area contributed by atoms with Gasteiger partial charge in [-0.3, -0.25) is 0 Å². The predicted octanol–water partition coefficient (Wildman–Crippen LogP) is 7.69. The van der Waals surface area contributed by atoms with Gasteiger partial charge in [0.15, 0.2) is 12.6 Å². The van der Waals surface area contributed by atoms with Crippen molar-refractivity contribution in [1.29, 1.82) is 0 Å². The lowest BCUT2D eigenvalue weighted by atomic mass is 9.96. The zero-order valence-electron chi connectivity index (χ0n) is 18.2. The lowest BCUT2D eigenvalue weighted by Crippen LogP contribution is -2.35. The minimum Gasteiger partial charge on any atom is -0.355 e. The molecule has 4 unspecified atom stereocenters. The molecule has 0 N–H and O–H groups in total. The van der Waals surface area contributed by atoms with E-state index in [2.05, 4.69) is 45.7 Å². The molecule has 3 nitrogen and oxygen atoms in total. The van der Waals surface area contributed by atoms with Gasteiger partial charge in [-0.1, -0.05) is 84.2 Å². The molecule has 0 heterocycles. The van der Waals surface area contributed by atoms with Gasteiger partial charge in [0.1, 0.15) is 0 Å². The Morgan fingerprint density at radius 1 is 0.593 bits per heavy atom. The molecule has 0 saturated heterocycles. The van der Waals surface area contributed by atoms with Crippen molar-refractivity contribution in [2.45, 2.75) is 103 Å². The summed E-state index contributed by atoms with van der Waals surface area (Å²) < 4.78 is 17.9. The van der Waals surface area contributed by atoms with Crippen molar-refractivity contribution in [1.82, 2.24) is 0 Å². The average molecular weight is 516 g/mol. The number of ether oxygens (including phenoxy) is 3. The highest BCUT2D eigenvalue weighted by atomic mass is 79.9. The highest BCUT2D eigenvalue weighted by molar-refractivity contribution is 9.09. The Morgan fingerprint density at radius 2 is 0.963 bits per heavy atom. The van der Waals surface area contributed by atoms with Crippen LogP contribution in [0.4, 0.5) is 0 Å². The van der Waals surface area contributed by atoms with E-state index in [1.165, 1.54) is 51.4 Å². The molecule has 4 atom stereocenters. The van der Waals surface area contributed by atoms with Crippen LogP contribution < -0.4 is 0 Å². The molecule has 0 aliphatic heterocycles. The summed E-state index contributed by atoms with van der Waals surface area (Å²) in [5, 5.41) is 2.22. The van der Waals surface area contributed by atoms with Crippen LogP contribution in [0.3, 0.4) is 0 Å². The van der Waals surface area contributed by atoms with Crippen molar-refractivity contribution in [3.8, 4) is 0 Å². The van der Waals surface area contributed by atoms with Crippen LogP contribution in [-0.2, 0) is 14.2 Å². The lowest BCUT2D eigenvalue weighted by molar-refractivity contribution is -0.265. The predicted molar refractivity (Wildman–Crippen MR) is 124 cm³/mol. The number of hydrogen-bond donors (Lipinski definition) is 0. The maximum Gasteiger partial charge on any atom is 0.163 e. The Labute approximate surface area is 185 Å². The van der Waals surface area contributed by atoms with Gasteiger partial charge in [-0.15, -0.1) is 0 Å². The van der Waals surface area contributed by atoms with Gasteiger partial charge >= 0.3 is 0 Å². The minimum absolute atomic E-state index is 0.168. The molecule has 0 aliphatic carbocycles. The standard InChI is InChI=1S/C22H44Br2O3/c1-5-19(15-11-7-9-13-17-23)21(25-3)27-22(26-4)20(6-2)16-12-8-10-14-18-24/h19-22H,5-18H2,1-4H3.